The van der Waals surface area contributed by atoms with Crippen LogP contribution in [0.2, 0.25) is 0 Å². The Balaban J connectivity index is 0.000000222. The van der Waals surface area contributed by atoms with E-state index in [4.69, 9.17) is 0 Å². The third kappa shape index (κ3) is 3.03. The molecular weight excluding hydrogens is 98.1 g/mol. The minimum absolute atomic E-state index is 0.796. The zero-order chi connectivity index (χ0) is 6.41. The van der Waals surface area contributed by atoms with E-state index in [1.54, 1.807) is 0 Å². The molecule has 1 aliphatic heterocycles. The van der Waals surface area contributed by atoms with E-state index < -0.39 is 0 Å². The van der Waals surface area contributed by atoms with Crippen LogP contribution in [-0.2, 0) is 0 Å². The first kappa shape index (κ1) is 7.96. The minimum atomic E-state index is 0.796. The monoisotopic (exact) mass is 115 g/mol. The van der Waals surface area contributed by atoms with Crippen molar-refractivity contribution in [3.05, 3.63) is 0 Å². The molecule has 0 aromatic carbocycles. The Kier molecular flexibility index (Phi) is 5.08. The van der Waals surface area contributed by atoms with Gasteiger partial charge in [0.2, 0.25) is 0 Å². The second kappa shape index (κ2) is 5.10. The predicted octanol–water partition coefficient (Wildman–Crippen LogP) is 1.78. The third-order valence-corrected chi connectivity index (χ3v) is 1.31. The van der Waals surface area contributed by atoms with Gasteiger partial charge < -0.3 is 5.32 Å². The molecule has 1 N–H and O–H groups in total. The molecule has 1 aliphatic rings. The van der Waals surface area contributed by atoms with Crippen LogP contribution in [0.5, 0.6) is 0 Å². The molecule has 0 radical (unpaired) electrons. The number of hydrogen-bond donors (Lipinski definition) is 1. The average Bonchev–Trinajstić information content (AvgIpc) is 2.24. The lowest BCUT2D eigenvalue weighted by molar-refractivity contribution is 0.664. The zero-order valence-corrected chi connectivity index (χ0v) is 6.20. The molecule has 1 rings (SSSR count). The van der Waals surface area contributed by atoms with Crippen molar-refractivity contribution in [2.45, 2.75) is 39.7 Å². The quantitative estimate of drug-likeness (QED) is 0.507. The fourth-order valence-corrected chi connectivity index (χ4v) is 0.859. The van der Waals surface area contributed by atoms with Gasteiger partial charge in [0.1, 0.15) is 0 Å². The average molecular weight is 115 g/mol. The van der Waals surface area contributed by atoms with Gasteiger partial charge in [-0.25, -0.2) is 0 Å². The van der Waals surface area contributed by atoms with Crippen molar-refractivity contribution < 1.29 is 0 Å². The maximum atomic E-state index is 3.32. The topological polar surface area (TPSA) is 12.0 Å². The first-order valence-corrected chi connectivity index (χ1v) is 3.63. The summed E-state index contributed by atoms with van der Waals surface area (Å²) in [5.74, 6) is 0. The lowest BCUT2D eigenvalue weighted by atomic mass is 10.3. The van der Waals surface area contributed by atoms with Gasteiger partial charge in [0, 0.05) is 6.04 Å². The van der Waals surface area contributed by atoms with E-state index in [1.807, 2.05) is 13.8 Å². The van der Waals surface area contributed by atoms with Gasteiger partial charge in [0.25, 0.3) is 0 Å². The van der Waals surface area contributed by atoms with Crippen LogP contribution >= 0.6 is 0 Å². The molecule has 50 valence electrons. The Morgan fingerprint density at radius 2 is 2.00 bits per heavy atom. The molecule has 0 bridgehead atoms. The molecule has 0 aromatic heterocycles. The Morgan fingerprint density at radius 3 is 2.12 bits per heavy atom. The number of hydrogen-bond acceptors (Lipinski definition) is 1. The lowest BCUT2D eigenvalue weighted by Gasteiger charge is -1.95. The summed E-state index contributed by atoms with van der Waals surface area (Å²) in [7, 11) is 0. The Morgan fingerprint density at radius 1 is 1.38 bits per heavy atom. The van der Waals surface area contributed by atoms with Crippen LogP contribution in [-0.4, -0.2) is 12.6 Å². The molecule has 1 fully saturated rings. The highest BCUT2D eigenvalue weighted by Crippen LogP contribution is 2.01. The van der Waals surface area contributed by atoms with Crippen molar-refractivity contribution in [3.8, 4) is 0 Å². The Hall–Kier alpha value is -0.0400. The Bertz CT molecular complexity index is 37.7. The van der Waals surface area contributed by atoms with Crippen molar-refractivity contribution in [2.75, 3.05) is 6.54 Å². The minimum Gasteiger partial charge on any atom is -0.314 e. The maximum Gasteiger partial charge on any atom is 0.00391 e. The van der Waals surface area contributed by atoms with Crippen LogP contribution in [0.15, 0.2) is 0 Å². The molecule has 1 heterocycles. The second-order valence-electron chi connectivity index (χ2n) is 2.00. The highest BCUT2D eigenvalue weighted by Gasteiger charge is 2.05. The normalized spacial score (nSPS) is 26.6. The number of nitrogens with one attached hydrogen (secondary N) is 1. The van der Waals surface area contributed by atoms with E-state index >= 15 is 0 Å². The van der Waals surface area contributed by atoms with E-state index in [0.717, 1.165) is 6.04 Å². The fraction of sp³-hybridized carbons (Fsp3) is 1.00. The smallest absolute Gasteiger partial charge is 0.00391 e. The van der Waals surface area contributed by atoms with Crippen LogP contribution in [0.25, 0.3) is 0 Å². The SMILES string of the molecule is CC.C[C@H]1CCCN1. The molecule has 8 heavy (non-hydrogen) atoms. The molecule has 0 aliphatic carbocycles. The first-order valence-electron chi connectivity index (χ1n) is 3.63. The zero-order valence-electron chi connectivity index (χ0n) is 6.20. The van der Waals surface area contributed by atoms with Crippen LogP contribution in [0.1, 0.15) is 33.6 Å². The molecule has 0 aromatic rings. The standard InChI is InChI=1S/C5H11N.C2H6/c1-5-3-2-4-6-5;1-2/h5-6H,2-4H2,1H3;1-2H3/t5-;/m0./s1. The van der Waals surface area contributed by atoms with Gasteiger partial charge in [0.15, 0.2) is 0 Å². The summed E-state index contributed by atoms with van der Waals surface area (Å²) in [5.41, 5.74) is 0. The highest BCUT2D eigenvalue weighted by atomic mass is 14.9. The molecule has 0 saturated carbocycles. The van der Waals surface area contributed by atoms with Crippen LogP contribution in [0.3, 0.4) is 0 Å². The van der Waals surface area contributed by atoms with Crippen molar-refractivity contribution in [1.82, 2.24) is 5.32 Å². The van der Waals surface area contributed by atoms with E-state index in [9.17, 15) is 0 Å². The fourth-order valence-electron chi connectivity index (χ4n) is 0.859. The van der Waals surface area contributed by atoms with Gasteiger partial charge >= 0.3 is 0 Å². The summed E-state index contributed by atoms with van der Waals surface area (Å²) in [6.07, 6.45) is 2.75. The predicted molar refractivity (Wildman–Crippen MR) is 38.0 cm³/mol. The number of rotatable bonds is 0. The molecule has 1 atom stereocenters. The van der Waals surface area contributed by atoms with E-state index in [0.29, 0.717) is 0 Å². The maximum absolute atomic E-state index is 3.32. The Labute approximate surface area is 52.5 Å². The molecule has 1 saturated heterocycles. The highest BCUT2D eigenvalue weighted by molar-refractivity contribution is 4.67. The molecule has 0 unspecified atom stereocenters. The molecule has 0 spiro atoms. The molecule has 0 amide bonds. The van der Waals surface area contributed by atoms with Gasteiger partial charge in [-0.15, -0.1) is 0 Å². The summed E-state index contributed by atoms with van der Waals surface area (Å²) in [5, 5.41) is 3.32. The van der Waals surface area contributed by atoms with Crippen LogP contribution < -0.4 is 5.32 Å². The molecular formula is C7H17N. The molecule has 1 nitrogen and oxygen atoms in total. The second-order valence-corrected chi connectivity index (χ2v) is 2.00. The third-order valence-electron chi connectivity index (χ3n) is 1.31. The largest absolute Gasteiger partial charge is 0.314 e. The van der Waals surface area contributed by atoms with E-state index in [1.165, 1.54) is 19.4 Å². The van der Waals surface area contributed by atoms with Crippen molar-refractivity contribution in [3.63, 3.8) is 0 Å². The summed E-state index contributed by atoms with van der Waals surface area (Å²) in [4.78, 5) is 0. The summed E-state index contributed by atoms with van der Waals surface area (Å²) < 4.78 is 0. The summed E-state index contributed by atoms with van der Waals surface area (Å²) >= 11 is 0. The molecule has 1 heteroatoms. The van der Waals surface area contributed by atoms with Gasteiger partial charge in [-0.2, -0.15) is 0 Å². The van der Waals surface area contributed by atoms with Crippen molar-refractivity contribution in [2.24, 2.45) is 0 Å². The van der Waals surface area contributed by atoms with Crippen LogP contribution in [0, 0.1) is 0 Å². The van der Waals surface area contributed by atoms with E-state index in [-0.39, 0.29) is 0 Å². The van der Waals surface area contributed by atoms with Crippen LogP contribution in [0.4, 0.5) is 0 Å². The van der Waals surface area contributed by atoms with Gasteiger partial charge in [-0.1, -0.05) is 13.8 Å². The van der Waals surface area contributed by atoms with Gasteiger partial charge in [-0.3, -0.25) is 0 Å². The first-order chi connectivity index (χ1) is 3.89. The summed E-state index contributed by atoms with van der Waals surface area (Å²) in [6.45, 7) is 7.47. The van der Waals surface area contributed by atoms with Gasteiger partial charge in [-0.05, 0) is 26.3 Å². The van der Waals surface area contributed by atoms with Gasteiger partial charge in [0.05, 0.1) is 0 Å². The summed E-state index contributed by atoms with van der Waals surface area (Å²) in [6, 6.07) is 0.796. The van der Waals surface area contributed by atoms with Crippen molar-refractivity contribution in [1.29, 1.82) is 0 Å². The van der Waals surface area contributed by atoms with Crippen molar-refractivity contribution >= 4 is 0 Å². The lowest BCUT2D eigenvalue weighted by Crippen LogP contribution is -2.16. The van der Waals surface area contributed by atoms with E-state index in [2.05, 4.69) is 12.2 Å².